The van der Waals surface area contributed by atoms with Gasteiger partial charge in [0, 0.05) is 13.1 Å². The predicted octanol–water partition coefficient (Wildman–Crippen LogP) is 3.13. The summed E-state index contributed by atoms with van der Waals surface area (Å²) in [5, 5.41) is 1.69. The van der Waals surface area contributed by atoms with Crippen LogP contribution < -0.4 is 5.19 Å². The maximum Gasteiger partial charge on any atom is 0.255 e. The summed E-state index contributed by atoms with van der Waals surface area (Å²) in [5.41, 5.74) is 0.694. The molecular formula is C16H24ClNO2Si. The first-order valence-electron chi connectivity index (χ1n) is 7.44. The Morgan fingerprint density at radius 1 is 1.24 bits per heavy atom. The highest BCUT2D eigenvalue weighted by Gasteiger charge is 2.31. The molecule has 2 rings (SSSR count). The van der Waals surface area contributed by atoms with E-state index in [1.54, 1.807) is 0 Å². The third-order valence-electron chi connectivity index (χ3n) is 3.74. The first kappa shape index (κ1) is 16.5. The van der Waals surface area contributed by atoms with Gasteiger partial charge in [-0.25, -0.2) is 0 Å². The second-order valence-electron chi connectivity index (χ2n) is 6.88. The van der Waals surface area contributed by atoms with Gasteiger partial charge in [-0.1, -0.05) is 43.4 Å². The summed E-state index contributed by atoms with van der Waals surface area (Å²) in [7, 11) is -1.63. The van der Waals surface area contributed by atoms with Gasteiger partial charge >= 0.3 is 0 Å². The Kier molecular flexibility index (Phi) is 4.81. The third-order valence-corrected chi connectivity index (χ3v) is 6.09. The van der Waals surface area contributed by atoms with Gasteiger partial charge in [0.05, 0.1) is 30.9 Å². The highest BCUT2D eigenvalue weighted by Crippen LogP contribution is 2.21. The van der Waals surface area contributed by atoms with Crippen LogP contribution in [0.3, 0.4) is 0 Å². The molecule has 0 saturated carbocycles. The number of hydrogen-bond acceptors (Lipinski definition) is 2. The second-order valence-corrected chi connectivity index (χ2v) is 12.3. The van der Waals surface area contributed by atoms with Crippen LogP contribution >= 0.6 is 11.6 Å². The Morgan fingerprint density at radius 3 is 2.33 bits per heavy atom. The molecule has 1 fully saturated rings. The molecule has 21 heavy (non-hydrogen) atoms. The fourth-order valence-electron chi connectivity index (χ4n) is 2.87. The number of nitrogens with zero attached hydrogens (tertiary/aromatic N) is 1. The largest absolute Gasteiger partial charge is 0.372 e. The van der Waals surface area contributed by atoms with Crippen molar-refractivity contribution in [3.05, 3.63) is 28.8 Å². The molecule has 0 bridgehead atoms. The predicted molar refractivity (Wildman–Crippen MR) is 90.3 cm³/mol. The Bertz CT molecular complexity index is 532. The van der Waals surface area contributed by atoms with Gasteiger partial charge in [-0.05, 0) is 25.1 Å². The third kappa shape index (κ3) is 3.68. The maximum atomic E-state index is 13.0. The van der Waals surface area contributed by atoms with Crippen molar-refractivity contribution in [2.45, 2.75) is 45.7 Å². The van der Waals surface area contributed by atoms with Crippen molar-refractivity contribution in [1.82, 2.24) is 4.90 Å². The van der Waals surface area contributed by atoms with E-state index in [0.29, 0.717) is 23.7 Å². The number of carbonyl (C=O) groups excluding carboxylic acids is 1. The van der Waals surface area contributed by atoms with E-state index >= 15 is 0 Å². The minimum atomic E-state index is -1.63. The van der Waals surface area contributed by atoms with Crippen LogP contribution in [0.25, 0.3) is 0 Å². The number of carbonyl (C=O) groups is 1. The van der Waals surface area contributed by atoms with Gasteiger partial charge in [0.15, 0.2) is 0 Å². The van der Waals surface area contributed by atoms with Gasteiger partial charge in [0.2, 0.25) is 0 Å². The van der Waals surface area contributed by atoms with E-state index < -0.39 is 8.07 Å². The average molecular weight is 326 g/mol. The topological polar surface area (TPSA) is 29.5 Å². The van der Waals surface area contributed by atoms with Crippen LogP contribution in [0.15, 0.2) is 18.2 Å². The Balaban J connectivity index is 2.39. The summed E-state index contributed by atoms with van der Waals surface area (Å²) >= 11 is 6.37. The number of ether oxygens (including phenoxy) is 1. The molecular weight excluding hydrogens is 302 g/mol. The van der Waals surface area contributed by atoms with Gasteiger partial charge in [-0.15, -0.1) is 0 Å². The minimum Gasteiger partial charge on any atom is -0.372 e. The van der Waals surface area contributed by atoms with Gasteiger partial charge in [0.1, 0.15) is 0 Å². The van der Waals surface area contributed by atoms with Crippen LogP contribution in [0.4, 0.5) is 0 Å². The number of rotatable bonds is 2. The molecule has 0 radical (unpaired) electrons. The first-order valence-corrected chi connectivity index (χ1v) is 11.3. The average Bonchev–Trinajstić information content (AvgIpc) is 2.35. The Morgan fingerprint density at radius 2 is 1.81 bits per heavy atom. The summed E-state index contributed by atoms with van der Waals surface area (Å²) in [6.45, 7) is 12.0. The molecule has 1 aliphatic heterocycles. The summed E-state index contributed by atoms with van der Waals surface area (Å²) < 4.78 is 5.71. The van der Waals surface area contributed by atoms with E-state index in [1.807, 2.05) is 30.9 Å². The first-order chi connectivity index (χ1) is 9.70. The van der Waals surface area contributed by atoms with Crippen molar-refractivity contribution in [3.8, 4) is 0 Å². The number of halogens is 1. The Labute approximate surface area is 133 Å². The molecule has 2 atom stereocenters. The van der Waals surface area contributed by atoms with Gasteiger partial charge in [-0.3, -0.25) is 4.79 Å². The monoisotopic (exact) mass is 325 g/mol. The molecule has 0 spiro atoms. The lowest BCUT2D eigenvalue weighted by Crippen LogP contribution is -2.51. The van der Waals surface area contributed by atoms with Crippen molar-refractivity contribution in [3.63, 3.8) is 0 Å². The van der Waals surface area contributed by atoms with Crippen molar-refractivity contribution >= 4 is 30.8 Å². The van der Waals surface area contributed by atoms with Crippen LogP contribution in [0.2, 0.25) is 24.7 Å². The van der Waals surface area contributed by atoms with Crippen LogP contribution in [0.5, 0.6) is 0 Å². The summed E-state index contributed by atoms with van der Waals surface area (Å²) in [6, 6.07) is 5.81. The van der Waals surface area contributed by atoms with Crippen LogP contribution in [0.1, 0.15) is 24.2 Å². The molecule has 1 heterocycles. The minimum absolute atomic E-state index is 0.0417. The normalized spacial score (nSPS) is 23.2. The SMILES string of the molecule is CC1CN(C(=O)c2c(Cl)cccc2[Si](C)(C)C)CC(C)O1. The fraction of sp³-hybridized carbons (Fsp3) is 0.562. The highest BCUT2D eigenvalue weighted by atomic mass is 35.5. The highest BCUT2D eigenvalue weighted by molar-refractivity contribution is 6.89. The van der Waals surface area contributed by atoms with Gasteiger partial charge in [-0.2, -0.15) is 0 Å². The van der Waals surface area contributed by atoms with E-state index in [2.05, 4.69) is 25.7 Å². The molecule has 2 unspecified atom stereocenters. The number of benzene rings is 1. The molecule has 1 aromatic carbocycles. The van der Waals surface area contributed by atoms with E-state index in [1.165, 1.54) is 0 Å². The van der Waals surface area contributed by atoms with E-state index in [9.17, 15) is 4.79 Å². The second kappa shape index (κ2) is 6.11. The lowest BCUT2D eigenvalue weighted by molar-refractivity contribution is -0.0585. The lowest BCUT2D eigenvalue weighted by Gasteiger charge is -2.36. The smallest absolute Gasteiger partial charge is 0.255 e. The number of hydrogen-bond donors (Lipinski definition) is 0. The standard InChI is InChI=1S/C16H24ClNO2Si/c1-11-9-18(10-12(2)20-11)16(19)15-13(17)7-6-8-14(15)21(3,4)5/h6-8,11-12H,9-10H2,1-5H3. The molecule has 3 nitrogen and oxygen atoms in total. The summed E-state index contributed by atoms with van der Waals surface area (Å²) in [6.07, 6.45) is 0.131. The van der Waals surface area contributed by atoms with Gasteiger partial charge < -0.3 is 9.64 Å². The molecule has 0 aromatic heterocycles. The summed E-state index contributed by atoms with van der Waals surface area (Å²) in [4.78, 5) is 14.9. The molecule has 1 amide bonds. The van der Waals surface area contributed by atoms with Crippen molar-refractivity contribution in [2.75, 3.05) is 13.1 Å². The Hall–Kier alpha value is -0.843. The summed E-state index contributed by atoms with van der Waals surface area (Å²) in [5.74, 6) is 0.0417. The molecule has 0 aliphatic carbocycles. The van der Waals surface area contributed by atoms with Crippen LogP contribution in [-0.2, 0) is 4.74 Å². The number of amides is 1. The van der Waals surface area contributed by atoms with Crippen molar-refractivity contribution < 1.29 is 9.53 Å². The molecule has 5 heteroatoms. The molecule has 1 saturated heterocycles. The zero-order chi connectivity index (χ0) is 15.8. The fourth-order valence-corrected chi connectivity index (χ4v) is 4.79. The van der Waals surface area contributed by atoms with Gasteiger partial charge in [0.25, 0.3) is 5.91 Å². The zero-order valence-corrected chi connectivity index (χ0v) is 15.2. The molecule has 1 aliphatic rings. The van der Waals surface area contributed by atoms with Crippen LogP contribution in [0, 0.1) is 0 Å². The number of morpholine rings is 1. The van der Waals surface area contributed by atoms with Crippen LogP contribution in [-0.4, -0.2) is 44.2 Å². The molecule has 0 N–H and O–H groups in total. The zero-order valence-electron chi connectivity index (χ0n) is 13.4. The quantitative estimate of drug-likeness (QED) is 0.782. The van der Waals surface area contributed by atoms with Crippen molar-refractivity contribution in [2.24, 2.45) is 0 Å². The van der Waals surface area contributed by atoms with E-state index in [4.69, 9.17) is 16.3 Å². The maximum absolute atomic E-state index is 13.0. The lowest BCUT2D eigenvalue weighted by atomic mass is 10.1. The van der Waals surface area contributed by atoms with Crippen molar-refractivity contribution in [1.29, 1.82) is 0 Å². The van der Waals surface area contributed by atoms with E-state index in [0.717, 1.165) is 5.19 Å². The molecule has 1 aromatic rings. The molecule has 116 valence electrons. The van der Waals surface area contributed by atoms with E-state index in [-0.39, 0.29) is 18.1 Å².